The molecular formula is C14H19N3S. The highest BCUT2D eigenvalue weighted by atomic mass is 32.1. The summed E-state index contributed by atoms with van der Waals surface area (Å²) in [6, 6.07) is 8.45. The van der Waals surface area contributed by atoms with Gasteiger partial charge in [-0.25, -0.2) is 4.98 Å². The molecule has 1 aromatic carbocycles. The Hall–Kier alpha value is -1.55. The van der Waals surface area contributed by atoms with Crippen LogP contribution in [-0.2, 0) is 13.0 Å². The summed E-state index contributed by atoms with van der Waals surface area (Å²) in [5, 5.41) is 4.62. The number of nitrogens with one attached hydrogen (secondary N) is 1. The molecule has 0 bridgehead atoms. The summed E-state index contributed by atoms with van der Waals surface area (Å²) < 4.78 is 0. The van der Waals surface area contributed by atoms with Crippen LogP contribution in [0, 0.1) is 0 Å². The highest BCUT2D eigenvalue weighted by molar-refractivity contribution is 7.11. The number of aromatic nitrogens is 1. The third kappa shape index (κ3) is 3.23. The number of benzene rings is 1. The normalized spacial score (nSPS) is 10.4. The first-order valence-electron chi connectivity index (χ1n) is 6.14. The molecule has 0 atom stereocenters. The van der Waals surface area contributed by atoms with E-state index >= 15 is 0 Å². The minimum absolute atomic E-state index is 0.846. The van der Waals surface area contributed by atoms with Gasteiger partial charge in [0.2, 0.25) is 0 Å². The van der Waals surface area contributed by atoms with Gasteiger partial charge in [0.05, 0.1) is 11.6 Å². The zero-order valence-corrected chi connectivity index (χ0v) is 11.9. The second kappa shape index (κ2) is 5.87. The Bertz CT molecular complexity index is 488. The molecular weight excluding hydrogens is 242 g/mol. The Morgan fingerprint density at radius 2 is 1.94 bits per heavy atom. The van der Waals surface area contributed by atoms with Gasteiger partial charge in [0.15, 0.2) is 0 Å². The van der Waals surface area contributed by atoms with Crippen molar-refractivity contribution < 1.29 is 0 Å². The quantitative estimate of drug-likeness (QED) is 0.894. The van der Waals surface area contributed by atoms with Crippen LogP contribution in [0.15, 0.2) is 30.5 Å². The van der Waals surface area contributed by atoms with Crippen molar-refractivity contribution >= 4 is 22.7 Å². The molecule has 2 aromatic rings. The van der Waals surface area contributed by atoms with E-state index in [1.165, 1.54) is 15.6 Å². The maximum absolute atomic E-state index is 4.36. The van der Waals surface area contributed by atoms with Gasteiger partial charge in [0.25, 0.3) is 0 Å². The van der Waals surface area contributed by atoms with Crippen LogP contribution in [0.3, 0.4) is 0 Å². The predicted molar refractivity (Wildman–Crippen MR) is 79.6 cm³/mol. The standard InChI is InChI=1S/C14H19N3S/c1-4-14-16-10-13(18-14)9-15-11-5-7-12(8-6-11)17(2)3/h5-8,10,15H,4,9H2,1-3H3. The van der Waals surface area contributed by atoms with Gasteiger partial charge < -0.3 is 10.2 Å². The number of hydrogen-bond donors (Lipinski definition) is 1. The second-order valence-corrected chi connectivity index (χ2v) is 5.57. The van der Waals surface area contributed by atoms with Gasteiger partial charge in [-0.1, -0.05) is 6.92 Å². The SMILES string of the molecule is CCc1ncc(CNc2ccc(N(C)C)cc2)s1. The Morgan fingerprint density at radius 1 is 1.22 bits per heavy atom. The number of anilines is 2. The van der Waals surface area contributed by atoms with Crippen molar-refractivity contribution in [1.82, 2.24) is 4.98 Å². The summed E-state index contributed by atoms with van der Waals surface area (Å²) in [7, 11) is 4.10. The molecule has 4 heteroatoms. The average molecular weight is 261 g/mol. The molecule has 0 aliphatic carbocycles. The summed E-state index contributed by atoms with van der Waals surface area (Å²) in [6.07, 6.45) is 2.98. The van der Waals surface area contributed by atoms with E-state index in [0.29, 0.717) is 0 Å². The third-order valence-electron chi connectivity index (χ3n) is 2.75. The van der Waals surface area contributed by atoms with Crippen LogP contribution in [-0.4, -0.2) is 19.1 Å². The van der Waals surface area contributed by atoms with Crippen molar-refractivity contribution in [3.8, 4) is 0 Å². The van der Waals surface area contributed by atoms with Crippen LogP contribution < -0.4 is 10.2 Å². The van der Waals surface area contributed by atoms with E-state index in [1.54, 1.807) is 11.3 Å². The molecule has 3 nitrogen and oxygen atoms in total. The molecule has 0 aliphatic rings. The van der Waals surface area contributed by atoms with Gasteiger partial charge in [0, 0.05) is 36.5 Å². The smallest absolute Gasteiger partial charge is 0.0925 e. The first-order chi connectivity index (χ1) is 8.69. The molecule has 2 rings (SSSR count). The number of thiazole rings is 1. The molecule has 1 N–H and O–H groups in total. The molecule has 1 heterocycles. The van der Waals surface area contributed by atoms with Crippen LogP contribution in [0.1, 0.15) is 16.8 Å². The molecule has 0 saturated carbocycles. The van der Waals surface area contributed by atoms with Crippen molar-refractivity contribution in [1.29, 1.82) is 0 Å². The minimum Gasteiger partial charge on any atom is -0.380 e. The monoisotopic (exact) mass is 261 g/mol. The zero-order valence-electron chi connectivity index (χ0n) is 11.1. The number of rotatable bonds is 5. The van der Waals surface area contributed by atoms with Gasteiger partial charge in [-0.3, -0.25) is 0 Å². The summed E-state index contributed by atoms with van der Waals surface area (Å²) in [5.74, 6) is 0. The molecule has 0 saturated heterocycles. The van der Waals surface area contributed by atoms with Crippen LogP contribution >= 0.6 is 11.3 Å². The van der Waals surface area contributed by atoms with Gasteiger partial charge in [-0.15, -0.1) is 11.3 Å². The molecule has 0 radical (unpaired) electrons. The average Bonchev–Trinajstić information content (AvgIpc) is 2.85. The van der Waals surface area contributed by atoms with Crippen molar-refractivity contribution in [2.75, 3.05) is 24.3 Å². The van der Waals surface area contributed by atoms with E-state index in [4.69, 9.17) is 0 Å². The van der Waals surface area contributed by atoms with Crippen molar-refractivity contribution in [3.05, 3.63) is 40.3 Å². The van der Waals surface area contributed by atoms with E-state index in [2.05, 4.69) is 46.4 Å². The first kappa shape index (κ1) is 12.9. The molecule has 0 fully saturated rings. The summed E-state index contributed by atoms with van der Waals surface area (Å²) in [5.41, 5.74) is 2.36. The van der Waals surface area contributed by atoms with E-state index in [-0.39, 0.29) is 0 Å². The van der Waals surface area contributed by atoms with Crippen LogP contribution in [0.5, 0.6) is 0 Å². The third-order valence-corrected chi connectivity index (χ3v) is 3.90. The molecule has 0 spiro atoms. The fourth-order valence-corrected chi connectivity index (χ4v) is 2.46. The lowest BCUT2D eigenvalue weighted by Crippen LogP contribution is -2.08. The first-order valence-corrected chi connectivity index (χ1v) is 6.95. The fraction of sp³-hybridized carbons (Fsp3) is 0.357. The van der Waals surface area contributed by atoms with E-state index in [9.17, 15) is 0 Å². The van der Waals surface area contributed by atoms with Crippen molar-refractivity contribution in [3.63, 3.8) is 0 Å². The largest absolute Gasteiger partial charge is 0.380 e. The van der Waals surface area contributed by atoms with Gasteiger partial charge in [-0.2, -0.15) is 0 Å². The number of hydrogen-bond acceptors (Lipinski definition) is 4. The summed E-state index contributed by atoms with van der Waals surface area (Å²) in [6.45, 7) is 2.98. The fourth-order valence-electron chi connectivity index (χ4n) is 1.66. The lowest BCUT2D eigenvalue weighted by molar-refractivity contribution is 1.09. The van der Waals surface area contributed by atoms with Gasteiger partial charge in [0.1, 0.15) is 0 Å². The minimum atomic E-state index is 0.846. The molecule has 1 aromatic heterocycles. The van der Waals surface area contributed by atoms with E-state index in [0.717, 1.165) is 18.7 Å². The van der Waals surface area contributed by atoms with Crippen LogP contribution in [0.25, 0.3) is 0 Å². The van der Waals surface area contributed by atoms with E-state index < -0.39 is 0 Å². The highest BCUT2D eigenvalue weighted by Crippen LogP contribution is 2.18. The van der Waals surface area contributed by atoms with Crippen molar-refractivity contribution in [2.24, 2.45) is 0 Å². The molecule has 96 valence electrons. The maximum atomic E-state index is 4.36. The van der Waals surface area contributed by atoms with Crippen LogP contribution in [0.4, 0.5) is 11.4 Å². The highest BCUT2D eigenvalue weighted by Gasteiger charge is 2.00. The summed E-state index contributed by atoms with van der Waals surface area (Å²) >= 11 is 1.78. The van der Waals surface area contributed by atoms with Crippen molar-refractivity contribution in [2.45, 2.75) is 19.9 Å². The van der Waals surface area contributed by atoms with Gasteiger partial charge >= 0.3 is 0 Å². The lowest BCUT2D eigenvalue weighted by Gasteiger charge is -2.13. The Morgan fingerprint density at radius 3 is 2.50 bits per heavy atom. The Balaban J connectivity index is 1.93. The zero-order chi connectivity index (χ0) is 13.0. The molecule has 0 amide bonds. The Labute approximate surface area is 112 Å². The number of aryl methyl sites for hydroxylation is 1. The Kier molecular flexibility index (Phi) is 4.20. The molecule has 18 heavy (non-hydrogen) atoms. The molecule has 0 unspecified atom stereocenters. The second-order valence-electron chi connectivity index (χ2n) is 4.37. The van der Waals surface area contributed by atoms with Crippen LogP contribution in [0.2, 0.25) is 0 Å². The summed E-state index contributed by atoms with van der Waals surface area (Å²) in [4.78, 5) is 7.73. The lowest BCUT2D eigenvalue weighted by atomic mass is 10.2. The molecule has 0 aliphatic heterocycles. The predicted octanol–water partition coefficient (Wildman–Crippen LogP) is 3.38. The van der Waals surface area contributed by atoms with Gasteiger partial charge in [-0.05, 0) is 30.7 Å². The number of nitrogens with zero attached hydrogens (tertiary/aromatic N) is 2. The maximum Gasteiger partial charge on any atom is 0.0925 e. The van der Waals surface area contributed by atoms with E-state index in [1.807, 2.05) is 20.3 Å². The topological polar surface area (TPSA) is 28.2 Å².